The maximum atomic E-state index is 14.6. The quantitative estimate of drug-likeness (QED) is 0.198. The molecule has 5 aliphatic rings. The molecule has 3 saturated carbocycles. The van der Waals surface area contributed by atoms with Gasteiger partial charge in [0.1, 0.15) is 17.0 Å². The molecule has 4 aliphatic carbocycles. The van der Waals surface area contributed by atoms with E-state index in [0.717, 1.165) is 30.2 Å². The number of fused-ring (bicyclic) bond motifs is 5. The van der Waals surface area contributed by atoms with Crippen molar-refractivity contribution < 1.29 is 42.5 Å². The molecule has 4 fully saturated rings. The van der Waals surface area contributed by atoms with Crippen LogP contribution >= 0.6 is 11.8 Å². The molecule has 0 spiro atoms. The van der Waals surface area contributed by atoms with Crippen LogP contribution in [0.4, 0.5) is 4.39 Å². The van der Waals surface area contributed by atoms with Crippen LogP contribution in [0.2, 0.25) is 0 Å². The number of ether oxygens (including phenoxy) is 3. The Labute approximate surface area is 280 Å². The number of allylic oxidation sites excluding steroid dienone is 4. The summed E-state index contributed by atoms with van der Waals surface area (Å²) in [6.07, 6.45) is 6.69. The first kappa shape index (κ1) is 34.2. The minimum atomic E-state index is -1.67. The number of carbonyl (C=O) groups excluding carboxylic acids is 3. The lowest BCUT2D eigenvalue weighted by Gasteiger charge is -2.61. The van der Waals surface area contributed by atoms with E-state index < -0.39 is 46.6 Å². The van der Waals surface area contributed by atoms with Gasteiger partial charge in [-0.3, -0.25) is 14.4 Å². The number of furan rings is 1. The van der Waals surface area contributed by atoms with Crippen LogP contribution in [0.5, 0.6) is 0 Å². The molecule has 1 N–H and O–H groups in total. The highest BCUT2D eigenvalue weighted by Gasteiger charge is 2.73. The summed E-state index contributed by atoms with van der Waals surface area (Å²) in [6.45, 7) is 10.9. The van der Waals surface area contributed by atoms with Crippen molar-refractivity contribution in [2.24, 2.45) is 40.4 Å². The number of carbonyl (C=O) groups is 3. The lowest BCUT2D eigenvalue weighted by atomic mass is 9.45. The monoisotopic (exact) mass is 668 g/mol. The van der Waals surface area contributed by atoms with Crippen molar-refractivity contribution in [1.82, 2.24) is 0 Å². The van der Waals surface area contributed by atoms with Crippen LogP contribution in [0.25, 0.3) is 0 Å². The number of esters is 1. The number of halogens is 1. The lowest BCUT2D eigenvalue weighted by molar-refractivity contribution is -0.205. The topological polar surface area (TPSA) is 116 Å². The fourth-order valence-electron chi connectivity index (χ4n) is 9.65. The molecular weight excluding hydrogens is 623 g/mol. The molecule has 1 saturated heterocycles. The summed E-state index contributed by atoms with van der Waals surface area (Å²) in [4.78, 5) is 38.8. The van der Waals surface area contributed by atoms with Gasteiger partial charge in [0.05, 0.1) is 24.5 Å². The van der Waals surface area contributed by atoms with Gasteiger partial charge >= 0.3 is 5.97 Å². The minimum absolute atomic E-state index is 0.0112. The molecule has 6 rings (SSSR count). The molecule has 11 atom stereocenters. The third kappa shape index (κ3) is 5.96. The highest BCUT2D eigenvalue weighted by molar-refractivity contribution is 8.14. The molecule has 0 bridgehead atoms. The summed E-state index contributed by atoms with van der Waals surface area (Å²) >= 11 is 1.06. The molecule has 47 heavy (non-hydrogen) atoms. The van der Waals surface area contributed by atoms with Crippen LogP contribution in [-0.2, 0) is 28.6 Å². The Morgan fingerprint density at radius 2 is 1.98 bits per heavy atom. The van der Waals surface area contributed by atoms with Gasteiger partial charge in [-0.1, -0.05) is 62.9 Å². The summed E-state index contributed by atoms with van der Waals surface area (Å²) in [7, 11) is 0. The molecule has 10 heteroatoms. The lowest BCUT2D eigenvalue weighted by Crippen LogP contribution is -2.63. The standard InChI is InChI=1S/C37H45FO8S/c1-21-16-24-26-17-22(2)37(46-32-31(45-32)28-10-9-14-43-28,33(42)47-15-8-7-13-44-29(41)20-34(3,4)38)36(26,6)19-27(40)30(24)35(5)12-11-23(39)18-25(21)35/h9-12,14,18,21-22,24,26-27,30-32,40H,13,15-17,19-20H2,1-6H3/t21-,22+,24?,26?,27-,30?,31?,32?,35-,36-,37-/m0/s1. The van der Waals surface area contributed by atoms with Gasteiger partial charge in [-0.25, -0.2) is 4.39 Å². The van der Waals surface area contributed by atoms with Gasteiger partial charge in [0, 0.05) is 16.7 Å². The Balaban J connectivity index is 1.26. The molecule has 1 aromatic heterocycles. The van der Waals surface area contributed by atoms with E-state index in [0.29, 0.717) is 12.2 Å². The largest absolute Gasteiger partial charge is 0.466 e. The van der Waals surface area contributed by atoms with Crippen LogP contribution < -0.4 is 0 Å². The van der Waals surface area contributed by atoms with Crippen molar-refractivity contribution in [2.75, 3.05) is 12.4 Å². The smallest absolute Gasteiger partial charge is 0.309 e. The zero-order valence-corrected chi connectivity index (χ0v) is 28.7. The van der Waals surface area contributed by atoms with E-state index in [1.54, 1.807) is 24.5 Å². The zero-order valence-electron chi connectivity index (χ0n) is 27.9. The van der Waals surface area contributed by atoms with Crippen molar-refractivity contribution >= 4 is 28.6 Å². The number of aliphatic hydroxyl groups excluding tert-OH is 1. The molecule has 0 amide bonds. The van der Waals surface area contributed by atoms with Gasteiger partial charge in [0.25, 0.3) is 0 Å². The van der Waals surface area contributed by atoms with Crippen molar-refractivity contribution in [1.29, 1.82) is 0 Å². The predicted octanol–water partition coefficient (Wildman–Crippen LogP) is 6.15. The summed E-state index contributed by atoms with van der Waals surface area (Å²) in [5.41, 5.74) is -3.03. The molecule has 2 heterocycles. The van der Waals surface area contributed by atoms with Crippen LogP contribution in [0.1, 0.15) is 79.1 Å². The number of rotatable bonds is 8. The molecule has 254 valence electrons. The number of thioether (sulfide) groups is 1. The van der Waals surface area contributed by atoms with Crippen molar-refractivity contribution in [3.8, 4) is 11.8 Å². The second-order valence-corrected chi connectivity index (χ2v) is 16.1. The molecule has 5 unspecified atom stereocenters. The van der Waals surface area contributed by atoms with Gasteiger partial charge in [-0.05, 0) is 81.1 Å². The Bertz CT molecular complexity index is 1530. The Kier molecular flexibility index (Phi) is 8.95. The van der Waals surface area contributed by atoms with E-state index in [4.69, 9.17) is 18.6 Å². The first-order valence-electron chi connectivity index (χ1n) is 16.6. The molecule has 8 nitrogen and oxygen atoms in total. The Hall–Kier alpha value is -2.71. The van der Waals surface area contributed by atoms with Crippen LogP contribution in [0, 0.1) is 52.3 Å². The molecule has 0 aromatic carbocycles. The molecule has 1 aromatic rings. The molecular formula is C37H45FO8S. The third-order valence-electron chi connectivity index (χ3n) is 11.5. The highest BCUT2D eigenvalue weighted by atomic mass is 32.2. The van der Waals surface area contributed by atoms with E-state index in [9.17, 15) is 23.9 Å². The summed E-state index contributed by atoms with van der Waals surface area (Å²) in [5.74, 6) is 5.80. The fraction of sp³-hybridized carbons (Fsp3) is 0.649. The van der Waals surface area contributed by atoms with Crippen molar-refractivity contribution in [2.45, 2.75) is 97.0 Å². The Morgan fingerprint density at radius 3 is 2.68 bits per heavy atom. The number of epoxide rings is 1. The van der Waals surface area contributed by atoms with Gasteiger partial charge in [-0.15, -0.1) is 0 Å². The number of hydrogen-bond donors (Lipinski definition) is 1. The summed E-state index contributed by atoms with van der Waals surface area (Å²) in [6, 6.07) is 3.61. The van der Waals surface area contributed by atoms with E-state index in [1.165, 1.54) is 13.8 Å². The molecule has 0 radical (unpaired) electrons. The van der Waals surface area contributed by atoms with Crippen LogP contribution in [0.15, 0.2) is 46.6 Å². The van der Waals surface area contributed by atoms with E-state index in [2.05, 4.69) is 39.5 Å². The Morgan fingerprint density at radius 1 is 1.21 bits per heavy atom. The zero-order chi connectivity index (χ0) is 33.9. The summed E-state index contributed by atoms with van der Waals surface area (Å²) in [5, 5.41) is 11.9. The number of hydrogen-bond acceptors (Lipinski definition) is 9. The highest BCUT2D eigenvalue weighted by Crippen LogP contribution is 2.71. The number of ketones is 1. The summed E-state index contributed by atoms with van der Waals surface area (Å²) < 4.78 is 37.1. The van der Waals surface area contributed by atoms with Gasteiger partial charge in [0.15, 0.2) is 24.8 Å². The fourth-order valence-corrected chi connectivity index (χ4v) is 10.7. The normalized spacial score (nSPS) is 40.3. The van der Waals surface area contributed by atoms with Crippen LogP contribution in [0.3, 0.4) is 0 Å². The third-order valence-corrected chi connectivity index (χ3v) is 12.4. The maximum absolute atomic E-state index is 14.6. The van der Waals surface area contributed by atoms with E-state index in [-0.39, 0.29) is 59.3 Å². The first-order valence-corrected chi connectivity index (χ1v) is 17.6. The second-order valence-electron chi connectivity index (χ2n) is 15.2. The van der Waals surface area contributed by atoms with Crippen LogP contribution in [-0.4, -0.2) is 58.0 Å². The second kappa shape index (κ2) is 12.3. The average molecular weight is 669 g/mol. The average Bonchev–Trinajstić information content (AvgIpc) is 3.43. The molecule has 1 aliphatic heterocycles. The van der Waals surface area contributed by atoms with E-state index in [1.807, 2.05) is 12.1 Å². The minimum Gasteiger partial charge on any atom is -0.466 e. The van der Waals surface area contributed by atoms with Gasteiger partial charge < -0.3 is 23.7 Å². The predicted molar refractivity (Wildman–Crippen MR) is 173 cm³/mol. The first-order chi connectivity index (χ1) is 22.1. The maximum Gasteiger partial charge on any atom is 0.309 e. The van der Waals surface area contributed by atoms with E-state index >= 15 is 0 Å². The van der Waals surface area contributed by atoms with Gasteiger partial charge in [-0.2, -0.15) is 0 Å². The van der Waals surface area contributed by atoms with Gasteiger partial charge in [0.2, 0.25) is 5.12 Å². The number of aliphatic hydroxyl groups is 1. The van der Waals surface area contributed by atoms with Crippen molar-refractivity contribution in [3.05, 3.63) is 48.0 Å². The SMILES string of the molecule is C[C@@H]1CC2C3C[C@H](C)C4=CC(=O)C=C[C@]4(C)C3[C@@H](O)C[C@]2(C)[C@@]1(OC1OC1c1ccco1)C(=O)SCC#CCOC(=O)CC(C)(C)F. The number of alkyl halides is 1. The van der Waals surface area contributed by atoms with Crippen molar-refractivity contribution in [3.63, 3.8) is 0 Å².